The van der Waals surface area contributed by atoms with Gasteiger partial charge in [0.05, 0.1) is 0 Å². The molecule has 1 aliphatic heterocycles. The van der Waals surface area contributed by atoms with Crippen LogP contribution in [0, 0.1) is 5.92 Å². The SMILES string of the molecule is CCCCCc1cc2c(c(OP(=O)([O-])[O-])c1)[C@@H]1CC(C)=CC[C@H]1C(C)(C)O2.[Na+].[Na+]. The largest absolute Gasteiger partial charge is 1.00 e. The summed E-state index contributed by atoms with van der Waals surface area (Å²) in [5.41, 5.74) is 2.58. The van der Waals surface area contributed by atoms with Crippen LogP contribution in [0.5, 0.6) is 11.5 Å². The Labute approximate surface area is 218 Å². The first-order chi connectivity index (χ1) is 12.6. The number of hydrogen-bond donors (Lipinski definition) is 0. The minimum atomic E-state index is -5.15. The average Bonchev–Trinajstić information content (AvgIpc) is 2.52. The van der Waals surface area contributed by atoms with E-state index in [0.717, 1.165) is 49.7 Å². The number of phosphoric acid groups is 1. The van der Waals surface area contributed by atoms with E-state index in [0.29, 0.717) is 5.75 Å². The number of fused-ring (bicyclic) bond motifs is 3. The molecule has 0 saturated heterocycles. The second-order valence-corrected chi connectivity index (χ2v) is 9.49. The van der Waals surface area contributed by atoms with Crippen LogP contribution in [-0.2, 0) is 11.0 Å². The van der Waals surface area contributed by atoms with Crippen LogP contribution in [0.25, 0.3) is 0 Å². The topological polar surface area (TPSA) is 81.7 Å². The molecule has 0 spiro atoms. The van der Waals surface area contributed by atoms with E-state index in [1.54, 1.807) is 6.07 Å². The van der Waals surface area contributed by atoms with Crippen molar-refractivity contribution in [2.75, 3.05) is 0 Å². The van der Waals surface area contributed by atoms with Crippen LogP contribution in [0.2, 0.25) is 0 Å². The van der Waals surface area contributed by atoms with Gasteiger partial charge >= 0.3 is 59.1 Å². The fourth-order valence-electron chi connectivity index (χ4n) is 4.52. The maximum absolute atomic E-state index is 11.4. The quantitative estimate of drug-likeness (QED) is 0.228. The smallest absolute Gasteiger partial charge is 0.780 e. The van der Waals surface area contributed by atoms with Crippen molar-refractivity contribution in [2.24, 2.45) is 5.92 Å². The first kappa shape index (κ1) is 27.7. The van der Waals surface area contributed by atoms with E-state index in [-0.39, 0.29) is 82.3 Å². The molecule has 1 aromatic rings. The predicted octanol–water partition coefficient (Wildman–Crippen LogP) is -1.75. The molecule has 1 aromatic carbocycles. The van der Waals surface area contributed by atoms with Gasteiger partial charge in [-0.25, -0.2) is 0 Å². The standard InChI is InChI=1S/C21H31O5P.2Na/c1-5-6-7-8-15-12-18-20(19(13-15)26-27(22,23)24)16-11-14(2)9-10-17(16)21(3,4)25-18;;/h9,12-13,16-17H,5-8,10-11H2,1-4H3,(H2,22,23,24);;/q;2*+1/p-2/t16-,17-;;/m1../s1. The third-order valence-electron chi connectivity index (χ3n) is 5.83. The molecule has 0 radical (unpaired) electrons. The van der Waals surface area contributed by atoms with Gasteiger partial charge in [-0.2, -0.15) is 0 Å². The van der Waals surface area contributed by atoms with Gasteiger partial charge in [-0.15, -0.1) is 0 Å². The minimum absolute atomic E-state index is 0. The van der Waals surface area contributed by atoms with E-state index in [9.17, 15) is 14.4 Å². The Kier molecular flexibility index (Phi) is 10.6. The Morgan fingerprint density at radius 1 is 1.24 bits per heavy atom. The number of phosphoric ester groups is 1. The molecule has 29 heavy (non-hydrogen) atoms. The van der Waals surface area contributed by atoms with Crippen molar-refractivity contribution in [2.45, 2.75) is 77.7 Å². The molecule has 1 heterocycles. The van der Waals surface area contributed by atoms with Crippen LogP contribution in [0.15, 0.2) is 23.8 Å². The van der Waals surface area contributed by atoms with Gasteiger partial charge in [0.2, 0.25) is 0 Å². The summed E-state index contributed by atoms with van der Waals surface area (Å²) >= 11 is 0. The molecule has 0 unspecified atom stereocenters. The van der Waals surface area contributed by atoms with E-state index >= 15 is 0 Å². The summed E-state index contributed by atoms with van der Waals surface area (Å²) in [5.74, 6) is 1.11. The summed E-state index contributed by atoms with van der Waals surface area (Å²) in [6.45, 7) is 8.39. The monoisotopic (exact) mass is 438 g/mol. The third-order valence-corrected chi connectivity index (χ3v) is 6.25. The van der Waals surface area contributed by atoms with E-state index in [4.69, 9.17) is 9.26 Å². The van der Waals surface area contributed by atoms with Crippen molar-refractivity contribution in [1.82, 2.24) is 0 Å². The summed E-state index contributed by atoms with van der Waals surface area (Å²) in [4.78, 5) is 22.8. The predicted molar refractivity (Wildman–Crippen MR) is 102 cm³/mol. The Bertz CT molecular complexity index is 788. The fourth-order valence-corrected chi connectivity index (χ4v) is 4.91. The van der Waals surface area contributed by atoms with Gasteiger partial charge in [0.1, 0.15) is 24.9 Å². The molecule has 2 aliphatic rings. The zero-order valence-electron chi connectivity index (χ0n) is 18.6. The summed E-state index contributed by atoms with van der Waals surface area (Å²) in [5, 5.41) is 0. The van der Waals surface area contributed by atoms with Gasteiger partial charge < -0.3 is 23.6 Å². The molecular formula is C21H29Na2O5P. The van der Waals surface area contributed by atoms with Crippen molar-refractivity contribution in [3.63, 3.8) is 0 Å². The number of benzene rings is 1. The maximum atomic E-state index is 11.4. The molecule has 0 bridgehead atoms. The van der Waals surface area contributed by atoms with Gasteiger partial charge in [0.25, 0.3) is 0 Å². The minimum Gasteiger partial charge on any atom is -0.780 e. The third kappa shape index (κ3) is 6.84. The molecule has 0 saturated carbocycles. The number of hydrogen-bond acceptors (Lipinski definition) is 5. The Balaban J connectivity index is 0.00000210. The molecule has 150 valence electrons. The number of allylic oxidation sites excluding steroid dienone is 2. The molecule has 0 aromatic heterocycles. The average molecular weight is 438 g/mol. The van der Waals surface area contributed by atoms with E-state index in [1.807, 2.05) is 6.07 Å². The molecule has 0 N–H and O–H groups in total. The number of unbranched alkanes of at least 4 members (excludes halogenated alkanes) is 2. The van der Waals surface area contributed by atoms with Gasteiger partial charge in [0, 0.05) is 17.4 Å². The van der Waals surface area contributed by atoms with Crippen molar-refractivity contribution in [3.05, 3.63) is 34.9 Å². The number of rotatable bonds is 6. The molecule has 3 rings (SSSR count). The Morgan fingerprint density at radius 2 is 1.93 bits per heavy atom. The Hall–Kier alpha value is 0.710. The molecule has 8 heteroatoms. The van der Waals surface area contributed by atoms with Crippen LogP contribution in [0.3, 0.4) is 0 Å². The molecule has 0 fully saturated rings. The van der Waals surface area contributed by atoms with E-state index < -0.39 is 7.82 Å². The normalized spacial score (nSPS) is 22.1. The van der Waals surface area contributed by atoms with Gasteiger partial charge in [0.15, 0.2) is 0 Å². The fraction of sp³-hybridized carbons (Fsp3) is 0.619. The van der Waals surface area contributed by atoms with Crippen LogP contribution < -0.4 is 78.2 Å². The summed E-state index contributed by atoms with van der Waals surface area (Å²) in [6, 6.07) is 3.73. The van der Waals surface area contributed by atoms with Crippen molar-refractivity contribution >= 4 is 7.82 Å². The van der Waals surface area contributed by atoms with Gasteiger partial charge in [-0.1, -0.05) is 31.4 Å². The van der Waals surface area contributed by atoms with Crippen molar-refractivity contribution in [3.8, 4) is 11.5 Å². The molecular weight excluding hydrogens is 409 g/mol. The van der Waals surface area contributed by atoms with Crippen LogP contribution in [-0.4, -0.2) is 5.60 Å². The number of aryl methyl sites for hydroxylation is 1. The first-order valence-electron chi connectivity index (χ1n) is 9.84. The van der Waals surface area contributed by atoms with Crippen LogP contribution >= 0.6 is 7.82 Å². The van der Waals surface area contributed by atoms with Crippen molar-refractivity contribution < 1.29 is 82.7 Å². The van der Waals surface area contributed by atoms with E-state index in [1.165, 1.54) is 5.57 Å². The second kappa shape index (κ2) is 11.0. The first-order valence-corrected chi connectivity index (χ1v) is 11.3. The molecule has 0 amide bonds. The molecule has 2 atom stereocenters. The zero-order valence-corrected chi connectivity index (χ0v) is 23.5. The Morgan fingerprint density at radius 3 is 2.55 bits per heavy atom. The van der Waals surface area contributed by atoms with Crippen molar-refractivity contribution in [1.29, 1.82) is 0 Å². The molecule has 1 aliphatic carbocycles. The van der Waals surface area contributed by atoms with Crippen LogP contribution in [0.4, 0.5) is 0 Å². The van der Waals surface area contributed by atoms with Gasteiger partial charge in [-0.05, 0) is 64.2 Å². The maximum Gasteiger partial charge on any atom is 1.00 e. The zero-order chi connectivity index (χ0) is 19.8. The summed E-state index contributed by atoms with van der Waals surface area (Å²) in [6.07, 6.45) is 7.91. The van der Waals surface area contributed by atoms with E-state index in [2.05, 4.69) is 33.8 Å². The summed E-state index contributed by atoms with van der Waals surface area (Å²) < 4.78 is 22.7. The second-order valence-electron chi connectivity index (χ2n) is 8.41. The number of ether oxygens (including phenoxy) is 1. The molecule has 5 nitrogen and oxygen atoms in total. The van der Waals surface area contributed by atoms with Gasteiger partial charge in [-0.3, -0.25) is 0 Å². The summed E-state index contributed by atoms with van der Waals surface area (Å²) in [7, 11) is -5.15. The van der Waals surface area contributed by atoms with Crippen LogP contribution in [0.1, 0.15) is 76.8 Å².